The summed E-state index contributed by atoms with van der Waals surface area (Å²) in [5, 5.41) is 0.496. The highest BCUT2D eigenvalue weighted by atomic mass is 32.2. The lowest BCUT2D eigenvalue weighted by atomic mass is 10.2. The molecule has 1 aromatic carbocycles. The summed E-state index contributed by atoms with van der Waals surface area (Å²) in [5.41, 5.74) is -0.191. The standard InChI is InChI=1S/C16H18N2O5S/c1-11(16(20)18-8-2-3-9-18)17-24(21,22)13-5-6-14-12(10-13)4-7-15(19)23-14/h4-7,10-11,17H,2-3,8-9H2,1H3/t11-/m0/s1. The minimum absolute atomic E-state index is 0.0184. The maximum Gasteiger partial charge on any atom is 0.336 e. The molecule has 24 heavy (non-hydrogen) atoms. The number of carbonyl (C=O) groups excluding carboxylic acids is 1. The fraction of sp³-hybridized carbons (Fsp3) is 0.375. The number of rotatable bonds is 4. The summed E-state index contributed by atoms with van der Waals surface area (Å²) >= 11 is 0. The van der Waals surface area contributed by atoms with Crippen molar-refractivity contribution >= 4 is 26.9 Å². The number of carbonyl (C=O) groups is 1. The number of nitrogens with one attached hydrogen (secondary N) is 1. The Labute approximate surface area is 139 Å². The van der Waals surface area contributed by atoms with Crippen molar-refractivity contribution in [3.63, 3.8) is 0 Å². The van der Waals surface area contributed by atoms with Gasteiger partial charge in [-0.1, -0.05) is 0 Å². The van der Waals surface area contributed by atoms with Crippen LogP contribution in [0.25, 0.3) is 11.0 Å². The van der Waals surface area contributed by atoms with E-state index >= 15 is 0 Å². The van der Waals surface area contributed by atoms with Gasteiger partial charge in [0.05, 0.1) is 10.9 Å². The third-order valence-corrected chi connectivity index (χ3v) is 5.56. The Morgan fingerprint density at radius 3 is 2.62 bits per heavy atom. The van der Waals surface area contributed by atoms with Crippen molar-refractivity contribution in [2.45, 2.75) is 30.7 Å². The second kappa shape index (κ2) is 6.37. The number of benzene rings is 1. The lowest BCUT2D eigenvalue weighted by Gasteiger charge is -2.21. The zero-order chi connectivity index (χ0) is 17.3. The van der Waals surface area contributed by atoms with Gasteiger partial charge in [0.2, 0.25) is 15.9 Å². The Hall–Kier alpha value is -2.19. The molecule has 1 N–H and O–H groups in total. The largest absolute Gasteiger partial charge is 0.423 e. The third kappa shape index (κ3) is 3.34. The SMILES string of the molecule is C[C@H](NS(=O)(=O)c1ccc2oc(=O)ccc2c1)C(=O)N1CCCC1. The summed E-state index contributed by atoms with van der Waals surface area (Å²) in [5.74, 6) is -0.220. The van der Waals surface area contributed by atoms with Crippen molar-refractivity contribution in [1.29, 1.82) is 0 Å². The Morgan fingerprint density at radius 2 is 1.92 bits per heavy atom. The summed E-state index contributed by atoms with van der Waals surface area (Å²) in [4.78, 5) is 25.1. The molecule has 0 spiro atoms. The van der Waals surface area contributed by atoms with Gasteiger partial charge in [-0.15, -0.1) is 0 Å². The van der Waals surface area contributed by atoms with E-state index in [2.05, 4.69) is 4.72 Å². The van der Waals surface area contributed by atoms with E-state index in [-0.39, 0.29) is 10.8 Å². The average Bonchev–Trinajstić information content (AvgIpc) is 3.07. The van der Waals surface area contributed by atoms with Gasteiger partial charge in [0.25, 0.3) is 0 Å². The van der Waals surface area contributed by atoms with Crippen molar-refractivity contribution in [3.8, 4) is 0 Å². The predicted octanol–water partition coefficient (Wildman–Crippen LogP) is 1.08. The second-order valence-electron chi connectivity index (χ2n) is 5.83. The van der Waals surface area contributed by atoms with Crippen LogP contribution < -0.4 is 10.3 Å². The zero-order valence-corrected chi connectivity index (χ0v) is 14.0. The van der Waals surface area contributed by atoms with Crippen molar-refractivity contribution < 1.29 is 17.6 Å². The molecule has 7 nitrogen and oxygen atoms in total. The van der Waals surface area contributed by atoms with Gasteiger partial charge in [-0.2, -0.15) is 4.72 Å². The van der Waals surface area contributed by atoms with Gasteiger partial charge in [-0.3, -0.25) is 4.79 Å². The molecule has 0 bridgehead atoms. The number of hydrogen-bond donors (Lipinski definition) is 1. The molecule has 0 unspecified atom stereocenters. The van der Waals surface area contributed by atoms with Crippen molar-refractivity contribution in [2.75, 3.05) is 13.1 Å². The Morgan fingerprint density at radius 1 is 1.21 bits per heavy atom. The minimum atomic E-state index is -3.85. The first-order valence-corrected chi connectivity index (χ1v) is 9.20. The molecule has 3 rings (SSSR count). The topological polar surface area (TPSA) is 96.7 Å². The van der Waals surface area contributed by atoms with Crippen LogP contribution in [-0.4, -0.2) is 38.4 Å². The second-order valence-corrected chi connectivity index (χ2v) is 7.54. The van der Waals surface area contributed by atoms with Crippen LogP contribution in [0.15, 0.2) is 44.4 Å². The first kappa shape index (κ1) is 16.7. The van der Waals surface area contributed by atoms with Crippen LogP contribution in [0, 0.1) is 0 Å². The summed E-state index contributed by atoms with van der Waals surface area (Å²) in [6.45, 7) is 2.87. The van der Waals surface area contributed by atoms with Gasteiger partial charge in [-0.05, 0) is 44.0 Å². The highest BCUT2D eigenvalue weighted by Gasteiger charge is 2.27. The van der Waals surface area contributed by atoms with E-state index in [0.717, 1.165) is 12.8 Å². The average molecular weight is 350 g/mol. The van der Waals surface area contributed by atoms with Gasteiger partial charge in [0, 0.05) is 24.5 Å². The van der Waals surface area contributed by atoms with Crippen LogP contribution in [-0.2, 0) is 14.8 Å². The molecular formula is C16H18N2O5S. The molecule has 0 saturated carbocycles. The Kier molecular flexibility index (Phi) is 4.42. The molecule has 0 radical (unpaired) electrons. The van der Waals surface area contributed by atoms with Gasteiger partial charge < -0.3 is 9.32 Å². The molecule has 8 heteroatoms. The van der Waals surface area contributed by atoms with E-state index in [9.17, 15) is 18.0 Å². The predicted molar refractivity (Wildman–Crippen MR) is 88.1 cm³/mol. The third-order valence-electron chi connectivity index (χ3n) is 4.02. The summed E-state index contributed by atoms with van der Waals surface area (Å²) in [6.07, 6.45) is 1.89. The number of likely N-dealkylation sites (tertiary alicyclic amines) is 1. The zero-order valence-electron chi connectivity index (χ0n) is 13.2. The molecule has 1 atom stereocenters. The van der Waals surface area contributed by atoms with Crippen LogP contribution in [0.5, 0.6) is 0 Å². The van der Waals surface area contributed by atoms with Gasteiger partial charge in [-0.25, -0.2) is 13.2 Å². The molecule has 1 aromatic heterocycles. The normalized spacial score (nSPS) is 16.5. The monoisotopic (exact) mass is 350 g/mol. The summed E-state index contributed by atoms with van der Waals surface area (Å²) < 4.78 is 32.4. The van der Waals surface area contributed by atoms with E-state index in [0.29, 0.717) is 24.1 Å². The lowest BCUT2D eigenvalue weighted by molar-refractivity contribution is -0.131. The van der Waals surface area contributed by atoms with E-state index in [1.54, 1.807) is 4.90 Å². The molecule has 2 aromatic rings. The highest BCUT2D eigenvalue weighted by Crippen LogP contribution is 2.18. The van der Waals surface area contributed by atoms with Crippen molar-refractivity contribution in [1.82, 2.24) is 9.62 Å². The number of nitrogens with zero attached hydrogens (tertiary/aromatic N) is 1. The smallest absolute Gasteiger partial charge is 0.336 e. The van der Waals surface area contributed by atoms with E-state index in [4.69, 9.17) is 4.42 Å². The first-order chi connectivity index (χ1) is 11.4. The summed E-state index contributed by atoms with van der Waals surface area (Å²) in [7, 11) is -3.85. The van der Waals surface area contributed by atoms with Crippen LogP contribution in [0.3, 0.4) is 0 Å². The molecule has 1 fully saturated rings. The van der Waals surface area contributed by atoms with Crippen LogP contribution in [0.4, 0.5) is 0 Å². The molecule has 128 valence electrons. The minimum Gasteiger partial charge on any atom is -0.423 e. The molecular weight excluding hydrogens is 332 g/mol. The van der Waals surface area contributed by atoms with Crippen molar-refractivity contribution in [2.24, 2.45) is 0 Å². The summed E-state index contributed by atoms with van der Waals surface area (Å²) in [6, 6.07) is 6.08. The van der Waals surface area contributed by atoms with E-state index < -0.39 is 21.7 Å². The van der Waals surface area contributed by atoms with Gasteiger partial charge in [0.15, 0.2) is 0 Å². The molecule has 1 saturated heterocycles. The number of sulfonamides is 1. The van der Waals surface area contributed by atoms with Crippen LogP contribution in [0.1, 0.15) is 19.8 Å². The molecule has 1 amide bonds. The molecule has 0 aliphatic carbocycles. The lowest BCUT2D eigenvalue weighted by Crippen LogP contribution is -2.45. The fourth-order valence-corrected chi connectivity index (χ4v) is 4.01. The Balaban J connectivity index is 1.83. The van der Waals surface area contributed by atoms with Crippen LogP contribution >= 0.6 is 0 Å². The quantitative estimate of drug-likeness (QED) is 0.833. The van der Waals surface area contributed by atoms with Gasteiger partial charge >= 0.3 is 5.63 Å². The fourth-order valence-electron chi connectivity index (χ4n) is 2.78. The number of fused-ring (bicyclic) bond motifs is 1. The maximum atomic E-state index is 12.5. The molecule has 1 aliphatic heterocycles. The molecule has 1 aliphatic rings. The maximum absolute atomic E-state index is 12.5. The van der Waals surface area contributed by atoms with Crippen LogP contribution in [0.2, 0.25) is 0 Å². The van der Waals surface area contributed by atoms with E-state index in [1.807, 2.05) is 0 Å². The van der Waals surface area contributed by atoms with Crippen molar-refractivity contribution in [3.05, 3.63) is 40.8 Å². The number of hydrogen-bond acceptors (Lipinski definition) is 5. The van der Waals surface area contributed by atoms with Gasteiger partial charge in [0.1, 0.15) is 5.58 Å². The van der Waals surface area contributed by atoms with E-state index in [1.165, 1.54) is 37.3 Å². The highest BCUT2D eigenvalue weighted by molar-refractivity contribution is 7.89. The first-order valence-electron chi connectivity index (χ1n) is 7.72. The Bertz CT molecular complexity index is 929. The number of amides is 1. The molecule has 2 heterocycles.